The van der Waals surface area contributed by atoms with Crippen LogP contribution >= 0.6 is 11.6 Å². The third-order valence-corrected chi connectivity index (χ3v) is 2.86. The van der Waals surface area contributed by atoms with E-state index in [-0.39, 0.29) is 0 Å². The normalized spacial score (nSPS) is 12.0. The lowest BCUT2D eigenvalue weighted by Crippen LogP contribution is -2.38. The number of nitrogens with one attached hydrogen (secondary N) is 1. The minimum atomic E-state index is -1.08. The topological polar surface area (TPSA) is 66.4 Å². The molecule has 0 radical (unpaired) electrons. The van der Waals surface area contributed by atoms with E-state index < -0.39 is 17.9 Å². The SMILES string of the molecule is Cc1cc(Cl)c(C(=O)NC(C)C(=O)O)cc1C. The highest BCUT2D eigenvalue weighted by molar-refractivity contribution is 6.34. The Labute approximate surface area is 105 Å². The number of carbonyl (C=O) groups excluding carboxylic acids is 1. The van der Waals surface area contributed by atoms with Gasteiger partial charge in [0.25, 0.3) is 5.91 Å². The first-order valence-corrected chi connectivity index (χ1v) is 5.51. The van der Waals surface area contributed by atoms with Crippen LogP contribution in [0, 0.1) is 13.8 Å². The third-order valence-electron chi connectivity index (χ3n) is 2.55. The van der Waals surface area contributed by atoms with Crippen molar-refractivity contribution in [3.63, 3.8) is 0 Å². The van der Waals surface area contributed by atoms with E-state index in [1.54, 1.807) is 12.1 Å². The Morgan fingerprint density at radius 2 is 1.82 bits per heavy atom. The fourth-order valence-electron chi connectivity index (χ4n) is 1.29. The number of aliphatic carboxylic acids is 1. The standard InChI is InChI=1S/C12H14ClNO3/c1-6-4-9(10(13)5-7(6)2)11(15)14-8(3)12(16)17/h4-5,8H,1-3H3,(H,14,15)(H,16,17). The first-order valence-electron chi connectivity index (χ1n) is 5.13. The quantitative estimate of drug-likeness (QED) is 0.870. The van der Waals surface area contributed by atoms with Crippen LogP contribution in [0.2, 0.25) is 5.02 Å². The summed E-state index contributed by atoms with van der Waals surface area (Å²) >= 11 is 5.95. The Morgan fingerprint density at radius 1 is 1.29 bits per heavy atom. The van der Waals surface area contributed by atoms with Gasteiger partial charge in [-0.3, -0.25) is 9.59 Å². The predicted octanol–water partition coefficient (Wildman–Crippen LogP) is 2.16. The van der Waals surface area contributed by atoms with E-state index in [2.05, 4.69) is 5.32 Å². The Bertz CT molecular complexity index is 471. The molecule has 0 aliphatic rings. The molecular formula is C12H14ClNO3. The van der Waals surface area contributed by atoms with E-state index in [4.69, 9.17) is 16.7 Å². The van der Waals surface area contributed by atoms with Crippen LogP contribution in [0.1, 0.15) is 28.4 Å². The van der Waals surface area contributed by atoms with Gasteiger partial charge < -0.3 is 10.4 Å². The van der Waals surface area contributed by atoms with Gasteiger partial charge in [-0.25, -0.2) is 0 Å². The molecule has 92 valence electrons. The zero-order chi connectivity index (χ0) is 13.2. The highest BCUT2D eigenvalue weighted by Gasteiger charge is 2.17. The molecule has 1 aromatic carbocycles. The molecule has 0 bridgehead atoms. The summed E-state index contributed by atoms with van der Waals surface area (Å²) in [5, 5.41) is 11.4. The Balaban J connectivity index is 2.97. The van der Waals surface area contributed by atoms with Gasteiger partial charge in [-0.05, 0) is 44.0 Å². The zero-order valence-electron chi connectivity index (χ0n) is 9.87. The van der Waals surface area contributed by atoms with Gasteiger partial charge in [0.15, 0.2) is 0 Å². The number of hydrogen-bond acceptors (Lipinski definition) is 2. The summed E-state index contributed by atoms with van der Waals surface area (Å²) in [7, 11) is 0. The van der Waals surface area contributed by atoms with Gasteiger partial charge in [0.05, 0.1) is 10.6 Å². The molecule has 0 saturated heterocycles. The second kappa shape index (κ2) is 5.19. The summed E-state index contributed by atoms with van der Waals surface area (Å²) in [4.78, 5) is 22.4. The van der Waals surface area contributed by atoms with Crippen molar-refractivity contribution in [2.45, 2.75) is 26.8 Å². The van der Waals surface area contributed by atoms with Crippen molar-refractivity contribution in [3.05, 3.63) is 33.8 Å². The van der Waals surface area contributed by atoms with Crippen LogP contribution in [-0.2, 0) is 4.79 Å². The highest BCUT2D eigenvalue weighted by Crippen LogP contribution is 2.20. The van der Waals surface area contributed by atoms with E-state index >= 15 is 0 Å². The number of rotatable bonds is 3. The second-order valence-corrected chi connectivity index (χ2v) is 4.36. The highest BCUT2D eigenvalue weighted by atomic mass is 35.5. The van der Waals surface area contributed by atoms with Crippen LogP contribution in [0.5, 0.6) is 0 Å². The molecule has 2 N–H and O–H groups in total. The number of carbonyl (C=O) groups is 2. The molecule has 17 heavy (non-hydrogen) atoms. The van der Waals surface area contributed by atoms with Crippen molar-refractivity contribution >= 4 is 23.5 Å². The molecule has 0 spiro atoms. The number of halogens is 1. The molecule has 5 heteroatoms. The van der Waals surface area contributed by atoms with E-state index in [1.165, 1.54) is 6.92 Å². The van der Waals surface area contributed by atoms with Crippen molar-refractivity contribution in [1.29, 1.82) is 0 Å². The van der Waals surface area contributed by atoms with Crippen LogP contribution < -0.4 is 5.32 Å². The zero-order valence-corrected chi connectivity index (χ0v) is 10.6. The van der Waals surface area contributed by atoms with E-state index in [0.717, 1.165) is 11.1 Å². The molecule has 1 aromatic rings. The minimum absolute atomic E-state index is 0.294. The summed E-state index contributed by atoms with van der Waals surface area (Å²) in [6.45, 7) is 5.15. The lowest BCUT2D eigenvalue weighted by Gasteiger charge is -2.11. The molecule has 0 aliphatic carbocycles. The minimum Gasteiger partial charge on any atom is -0.480 e. The van der Waals surface area contributed by atoms with Crippen LogP contribution in [-0.4, -0.2) is 23.0 Å². The van der Waals surface area contributed by atoms with E-state index in [9.17, 15) is 9.59 Å². The molecule has 1 atom stereocenters. The summed E-state index contributed by atoms with van der Waals surface area (Å²) in [6.07, 6.45) is 0. The fourth-order valence-corrected chi connectivity index (χ4v) is 1.60. The predicted molar refractivity (Wildman–Crippen MR) is 65.5 cm³/mol. The van der Waals surface area contributed by atoms with Gasteiger partial charge in [-0.2, -0.15) is 0 Å². The molecule has 4 nitrogen and oxygen atoms in total. The van der Waals surface area contributed by atoms with Crippen LogP contribution in [0.25, 0.3) is 0 Å². The van der Waals surface area contributed by atoms with Crippen LogP contribution in [0.4, 0.5) is 0 Å². The van der Waals surface area contributed by atoms with Crippen molar-refractivity contribution in [3.8, 4) is 0 Å². The molecule has 0 saturated carbocycles. The summed E-state index contributed by atoms with van der Waals surface area (Å²) < 4.78 is 0. The van der Waals surface area contributed by atoms with Crippen molar-refractivity contribution in [1.82, 2.24) is 5.32 Å². The number of aryl methyl sites for hydroxylation is 2. The molecule has 1 amide bonds. The van der Waals surface area contributed by atoms with E-state index in [1.807, 2.05) is 13.8 Å². The monoisotopic (exact) mass is 255 g/mol. The smallest absolute Gasteiger partial charge is 0.325 e. The van der Waals surface area contributed by atoms with Gasteiger partial charge in [0.2, 0.25) is 0 Å². The first kappa shape index (κ1) is 13.5. The van der Waals surface area contributed by atoms with E-state index in [0.29, 0.717) is 10.6 Å². The van der Waals surface area contributed by atoms with Gasteiger partial charge in [-0.15, -0.1) is 0 Å². The number of amides is 1. The van der Waals surface area contributed by atoms with Gasteiger partial charge >= 0.3 is 5.97 Å². The number of carboxylic acids is 1. The molecule has 0 aromatic heterocycles. The maximum Gasteiger partial charge on any atom is 0.325 e. The maximum absolute atomic E-state index is 11.8. The summed E-state index contributed by atoms with van der Waals surface area (Å²) in [5.74, 6) is -1.56. The maximum atomic E-state index is 11.8. The first-order chi connectivity index (χ1) is 7.82. The Kier molecular flexibility index (Phi) is 4.12. The van der Waals surface area contributed by atoms with Crippen molar-refractivity contribution in [2.75, 3.05) is 0 Å². The average Bonchev–Trinajstić information content (AvgIpc) is 2.22. The molecule has 1 rings (SSSR count). The lowest BCUT2D eigenvalue weighted by atomic mass is 10.1. The second-order valence-electron chi connectivity index (χ2n) is 3.95. The lowest BCUT2D eigenvalue weighted by molar-refractivity contribution is -0.138. The largest absolute Gasteiger partial charge is 0.480 e. The van der Waals surface area contributed by atoms with Gasteiger partial charge in [0, 0.05) is 0 Å². The number of hydrogen-bond donors (Lipinski definition) is 2. The molecular weight excluding hydrogens is 242 g/mol. The van der Waals surface area contributed by atoms with Crippen LogP contribution in [0.3, 0.4) is 0 Å². The fraction of sp³-hybridized carbons (Fsp3) is 0.333. The average molecular weight is 256 g/mol. The number of benzene rings is 1. The van der Waals surface area contributed by atoms with Gasteiger partial charge in [0.1, 0.15) is 6.04 Å². The molecule has 1 unspecified atom stereocenters. The summed E-state index contributed by atoms with van der Waals surface area (Å²) in [5.41, 5.74) is 2.21. The number of carboxylic acid groups (broad SMARTS) is 1. The third kappa shape index (κ3) is 3.20. The Morgan fingerprint density at radius 3 is 2.35 bits per heavy atom. The van der Waals surface area contributed by atoms with Crippen molar-refractivity contribution < 1.29 is 14.7 Å². The summed E-state index contributed by atoms with van der Waals surface area (Å²) in [6, 6.07) is 2.40. The molecule has 0 fully saturated rings. The van der Waals surface area contributed by atoms with Crippen molar-refractivity contribution in [2.24, 2.45) is 0 Å². The van der Waals surface area contributed by atoms with Crippen LogP contribution in [0.15, 0.2) is 12.1 Å². The Hall–Kier alpha value is -1.55. The molecule has 0 aliphatic heterocycles. The molecule has 0 heterocycles. The van der Waals surface area contributed by atoms with Gasteiger partial charge in [-0.1, -0.05) is 11.6 Å².